The Balaban J connectivity index is 2.19. The molecular formula is C27H46N4O5S. The fourth-order valence-corrected chi connectivity index (χ4v) is 5.64. The first-order chi connectivity index (χ1) is 17.4. The minimum atomic E-state index is -0.942. The molecule has 1 aliphatic heterocycles. The quantitative estimate of drug-likeness (QED) is 0.391. The highest BCUT2D eigenvalue weighted by molar-refractivity contribution is 7.09. The summed E-state index contributed by atoms with van der Waals surface area (Å²) in [6.45, 7) is 12.8. The molecule has 2 heterocycles. The van der Waals surface area contributed by atoms with E-state index in [4.69, 9.17) is 4.74 Å². The zero-order valence-corrected chi connectivity index (χ0v) is 24.6. The largest absolute Gasteiger partial charge is 0.461 e. The second-order valence-electron chi connectivity index (χ2n) is 10.8. The van der Waals surface area contributed by atoms with Crippen molar-refractivity contribution in [2.75, 3.05) is 27.2 Å². The maximum absolute atomic E-state index is 13.8. The summed E-state index contributed by atoms with van der Waals surface area (Å²) in [6.07, 6.45) is 2.86. The molecule has 5 atom stereocenters. The first-order valence-electron chi connectivity index (χ1n) is 13.5. The van der Waals surface area contributed by atoms with Crippen molar-refractivity contribution in [3.8, 4) is 0 Å². The number of aliphatic hydroxyl groups excluding tert-OH is 1. The van der Waals surface area contributed by atoms with Crippen LogP contribution in [-0.4, -0.2) is 82.5 Å². The van der Waals surface area contributed by atoms with Gasteiger partial charge in [0.05, 0.1) is 12.1 Å². The summed E-state index contributed by atoms with van der Waals surface area (Å²) in [5, 5.41) is 16.0. The molecule has 0 bridgehead atoms. The lowest BCUT2D eigenvalue weighted by Gasteiger charge is -2.43. The Kier molecular flexibility index (Phi) is 11.5. The molecule has 4 unspecified atom stereocenters. The first kappa shape index (κ1) is 31.2. The Morgan fingerprint density at radius 1 is 1.27 bits per heavy atom. The molecule has 0 radical (unpaired) electrons. The van der Waals surface area contributed by atoms with Crippen molar-refractivity contribution < 1.29 is 24.2 Å². The molecule has 0 aromatic carbocycles. The summed E-state index contributed by atoms with van der Waals surface area (Å²) < 4.78 is 4.99. The van der Waals surface area contributed by atoms with Crippen molar-refractivity contribution in [2.24, 2.45) is 11.8 Å². The predicted octanol–water partition coefficient (Wildman–Crippen LogP) is 3.63. The van der Waals surface area contributed by atoms with E-state index in [0.29, 0.717) is 5.01 Å². The van der Waals surface area contributed by atoms with Gasteiger partial charge in [0.2, 0.25) is 11.8 Å². The number of esters is 1. The molecule has 0 saturated carbocycles. The molecule has 2 rings (SSSR count). The number of likely N-dealkylation sites (tertiary alicyclic amines) is 1. The molecular weight excluding hydrogens is 492 g/mol. The number of aliphatic hydroxyl groups is 1. The second kappa shape index (κ2) is 13.7. The van der Waals surface area contributed by atoms with Gasteiger partial charge in [-0.3, -0.25) is 14.5 Å². The van der Waals surface area contributed by atoms with Crippen molar-refractivity contribution in [3.63, 3.8) is 0 Å². The zero-order valence-electron chi connectivity index (χ0n) is 23.7. The SMILES string of the molecule is CCOC(=O)c1csc(C(O)CC(C(C)C)N(C)C(=O)C(NC(=O)[C@@]2(C)CCCCN2C)C(C)CC)n1. The Morgan fingerprint density at radius 2 is 1.95 bits per heavy atom. The standard InChI is InChI=1S/C27H46N4O5S/c1-9-18(5)22(29-26(35)27(6)13-11-12-14-30(27)7)24(33)31(8)20(17(3)4)15-21(32)23-28-19(16-37-23)25(34)36-10-2/h16-18,20-22,32H,9-15H2,1-8H3,(H,29,35)/t18?,20?,21?,22?,27-/m1/s1. The van der Waals surface area contributed by atoms with Crippen molar-refractivity contribution in [1.29, 1.82) is 0 Å². The van der Waals surface area contributed by atoms with Gasteiger partial charge in [0.25, 0.3) is 0 Å². The fraction of sp³-hybridized carbons (Fsp3) is 0.778. The maximum atomic E-state index is 13.8. The number of nitrogens with zero attached hydrogens (tertiary/aromatic N) is 3. The summed E-state index contributed by atoms with van der Waals surface area (Å²) in [4.78, 5) is 47.2. The third-order valence-electron chi connectivity index (χ3n) is 7.88. The Hall–Kier alpha value is -2.04. The number of aromatic nitrogens is 1. The topological polar surface area (TPSA) is 112 Å². The van der Waals surface area contributed by atoms with Gasteiger partial charge in [0.1, 0.15) is 17.2 Å². The molecule has 2 amide bonds. The molecule has 0 aliphatic carbocycles. The van der Waals surface area contributed by atoms with Gasteiger partial charge in [-0.05, 0) is 58.5 Å². The highest BCUT2D eigenvalue weighted by Gasteiger charge is 2.42. The Bertz CT molecular complexity index is 922. The smallest absolute Gasteiger partial charge is 0.357 e. The molecule has 0 spiro atoms. The van der Waals surface area contributed by atoms with Gasteiger partial charge in [-0.2, -0.15) is 0 Å². The van der Waals surface area contributed by atoms with Crippen LogP contribution in [0.25, 0.3) is 0 Å². The Labute approximate surface area is 226 Å². The van der Waals surface area contributed by atoms with Gasteiger partial charge in [-0.1, -0.05) is 34.1 Å². The van der Waals surface area contributed by atoms with Gasteiger partial charge in [0, 0.05) is 24.9 Å². The van der Waals surface area contributed by atoms with E-state index < -0.39 is 23.7 Å². The minimum absolute atomic E-state index is 0.0448. The summed E-state index contributed by atoms with van der Waals surface area (Å²) >= 11 is 1.20. The molecule has 1 saturated heterocycles. The minimum Gasteiger partial charge on any atom is -0.461 e. The summed E-state index contributed by atoms with van der Waals surface area (Å²) in [6, 6.07) is -0.961. The van der Waals surface area contributed by atoms with E-state index in [1.807, 2.05) is 41.7 Å². The molecule has 1 aromatic heterocycles. The van der Waals surface area contributed by atoms with E-state index >= 15 is 0 Å². The number of likely N-dealkylation sites (N-methyl/N-ethyl adjacent to an activating group) is 2. The number of hydrogen-bond acceptors (Lipinski definition) is 8. The predicted molar refractivity (Wildman–Crippen MR) is 145 cm³/mol. The van der Waals surface area contributed by atoms with Crippen LogP contribution >= 0.6 is 11.3 Å². The first-order valence-corrected chi connectivity index (χ1v) is 14.3. The number of amides is 2. The van der Waals surface area contributed by atoms with Crippen LogP contribution in [0.5, 0.6) is 0 Å². The van der Waals surface area contributed by atoms with Crippen molar-refractivity contribution >= 4 is 29.1 Å². The van der Waals surface area contributed by atoms with Crippen LogP contribution in [0.3, 0.4) is 0 Å². The third kappa shape index (κ3) is 7.51. The highest BCUT2D eigenvalue weighted by atomic mass is 32.1. The van der Waals surface area contributed by atoms with E-state index in [-0.39, 0.29) is 48.4 Å². The summed E-state index contributed by atoms with van der Waals surface area (Å²) in [5.74, 6) is -0.808. The van der Waals surface area contributed by atoms with Crippen LogP contribution in [0.1, 0.15) is 95.2 Å². The van der Waals surface area contributed by atoms with Crippen LogP contribution in [0.4, 0.5) is 0 Å². The van der Waals surface area contributed by atoms with Crippen molar-refractivity contribution in [1.82, 2.24) is 20.1 Å². The molecule has 1 fully saturated rings. The number of carbonyl (C=O) groups is 3. The highest BCUT2D eigenvalue weighted by Crippen LogP contribution is 2.29. The third-order valence-corrected chi connectivity index (χ3v) is 8.82. The van der Waals surface area contributed by atoms with E-state index in [1.165, 1.54) is 11.3 Å². The summed E-state index contributed by atoms with van der Waals surface area (Å²) in [7, 11) is 3.70. The monoisotopic (exact) mass is 538 g/mol. The van der Waals surface area contributed by atoms with E-state index in [2.05, 4.69) is 15.2 Å². The summed E-state index contributed by atoms with van der Waals surface area (Å²) in [5.41, 5.74) is -0.468. The second-order valence-corrected chi connectivity index (χ2v) is 11.7. The van der Waals surface area contributed by atoms with Crippen molar-refractivity contribution in [2.45, 2.75) is 97.4 Å². The van der Waals surface area contributed by atoms with Crippen LogP contribution < -0.4 is 5.32 Å². The normalized spacial score (nSPS) is 21.7. The maximum Gasteiger partial charge on any atom is 0.357 e. The van der Waals surface area contributed by atoms with Crippen LogP contribution in [-0.2, 0) is 14.3 Å². The van der Waals surface area contributed by atoms with E-state index in [0.717, 1.165) is 32.2 Å². The molecule has 9 nitrogen and oxygen atoms in total. The number of hydrogen-bond donors (Lipinski definition) is 2. The van der Waals surface area contributed by atoms with Crippen molar-refractivity contribution in [3.05, 3.63) is 16.1 Å². The Morgan fingerprint density at radius 3 is 2.51 bits per heavy atom. The lowest BCUT2D eigenvalue weighted by atomic mass is 9.86. The molecule has 2 N–H and O–H groups in total. The van der Waals surface area contributed by atoms with Gasteiger partial charge in [-0.25, -0.2) is 9.78 Å². The number of ether oxygens (including phenoxy) is 1. The number of carbonyl (C=O) groups excluding carboxylic acids is 3. The fourth-order valence-electron chi connectivity index (χ4n) is 4.85. The van der Waals surface area contributed by atoms with Gasteiger partial charge in [0.15, 0.2) is 5.69 Å². The molecule has 10 heteroatoms. The van der Waals surface area contributed by atoms with Crippen LogP contribution in [0.15, 0.2) is 5.38 Å². The van der Waals surface area contributed by atoms with Crippen LogP contribution in [0.2, 0.25) is 0 Å². The molecule has 210 valence electrons. The van der Waals surface area contributed by atoms with Gasteiger partial charge in [-0.15, -0.1) is 11.3 Å². The molecule has 37 heavy (non-hydrogen) atoms. The molecule has 1 aliphatic rings. The number of rotatable bonds is 12. The number of thiazole rings is 1. The van der Waals surface area contributed by atoms with E-state index in [1.54, 1.807) is 24.3 Å². The molecule has 1 aromatic rings. The number of piperidine rings is 1. The number of nitrogens with one attached hydrogen (secondary N) is 1. The zero-order chi connectivity index (χ0) is 27.9. The lowest BCUT2D eigenvalue weighted by Crippen LogP contribution is -2.62. The average Bonchev–Trinajstić information content (AvgIpc) is 3.36. The average molecular weight is 539 g/mol. The van der Waals surface area contributed by atoms with Gasteiger partial charge < -0.3 is 20.1 Å². The van der Waals surface area contributed by atoms with Gasteiger partial charge >= 0.3 is 5.97 Å². The lowest BCUT2D eigenvalue weighted by molar-refractivity contribution is -0.143. The van der Waals surface area contributed by atoms with E-state index in [9.17, 15) is 19.5 Å². The van der Waals surface area contributed by atoms with Crippen LogP contribution in [0, 0.1) is 11.8 Å².